The third kappa shape index (κ3) is 4.72. The highest BCUT2D eigenvalue weighted by molar-refractivity contribution is 8.18. The highest BCUT2D eigenvalue weighted by atomic mass is 35.5. The van der Waals surface area contributed by atoms with E-state index in [0.29, 0.717) is 38.3 Å². The monoisotopic (exact) mass is 432 g/mol. The van der Waals surface area contributed by atoms with Crippen molar-refractivity contribution in [1.82, 2.24) is 5.32 Å². The number of methoxy groups -OCH3 is 3. The molecule has 2 aromatic carbocycles. The van der Waals surface area contributed by atoms with Crippen LogP contribution in [0.1, 0.15) is 15.9 Å². The van der Waals surface area contributed by atoms with Gasteiger partial charge >= 0.3 is 0 Å². The topological polar surface area (TPSA) is 86.2 Å². The minimum absolute atomic E-state index is 0.195. The first-order chi connectivity index (χ1) is 13.9. The fourth-order valence-electron chi connectivity index (χ4n) is 2.54. The van der Waals surface area contributed by atoms with Gasteiger partial charge in [-0.05, 0) is 48.2 Å². The second-order valence-corrected chi connectivity index (χ2v) is 7.21. The van der Waals surface area contributed by atoms with Gasteiger partial charge in [0.1, 0.15) is 5.75 Å². The van der Waals surface area contributed by atoms with Gasteiger partial charge in [0.15, 0.2) is 16.7 Å². The van der Waals surface area contributed by atoms with Crippen molar-refractivity contribution in [3.63, 3.8) is 0 Å². The van der Waals surface area contributed by atoms with Crippen LogP contribution >= 0.6 is 23.4 Å². The number of nitrogens with zero attached hydrogens (tertiary/aromatic N) is 1. The summed E-state index contributed by atoms with van der Waals surface area (Å²) in [6.07, 6.45) is 1.63. The molecule has 0 saturated carbocycles. The van der Waals surface area contributed by atoms with E-state index in [0.717, 1.165) is 11.8 Å². The van der Waals surface area contributed by atoms with Crippen molar-refractivity contribution in [2.45, 2.75) is 0 Å². The van der Waals surface area contributed by atoms with E-state index >= 15 is 0 Å². The Bertz CT molecular complexity index is 1020. The highest BCUT2D eigenvalue weighted by Gasteiger charge is 2.25. The number of nitrogens with one attached hydrogen (secondary N) is 1. The molecule has 0 spiro atoms. The van der Waals surface area contributed by atoms with Crippen LogP contribution in [0.4, 0.5) is 0 Å². The van der Waals surface area contributed by atoms with E-state index in [-0.39, 0.29) is 11.1 Å². The Kier molecular flexibility index (Phi) is 6.46. The molecule has 0 bridgehead atoms. The molecule has 1 aliphatic rings. The van der Waals surface area contributed by atoms with Gasteiger partial charge in [-0.2, -0.15) is 4.99 Å². The summed E-state index contributed by atoms with van der Waals surface area (Å²) in [7, 11) is 4.56. The maximum Gasteiger partial charge on any atom is 0.279 e. The Balaban J connectivity index is 1.87. The number of amides is 2. The van der Waals surface area contributed by atoms with Crippen molar-refractivity contribution >= 4 is 46.4 Å². The van der Waals surface area contributed by atoms with Crippen LogP contribution in [-0.2, 0) is 4.79 Å². The molecule has 0 atom stereocenters. The van der Waals surface area contributed by atoms with Crippen LogP contribution in [0.15, 0.2) is 46.3 Å². The van der Waals surface area contributed by atoms with Crippen molar-refractivity contribution in [3.05, 3.63) is 57.5 Å². The van der Waals surface area contributed by atoms with Crippen molar-refractivity contribution in [2.75, 3.05) is 21.3 Å². The SMILES string of the molecule is COc1cc(OC)c(OC)cc1/C=C1\SC(=NC(=O)c2ccc(Cl)cc2)NC1=O. The zero-order valence-electron chi connectivity index (χ0n) is 15.8. The summed E-state index contributed by atoms with van der Waals surface area (Å²) >= 11 is 6.88. The van der Waals surface area contributed by atoms with E-state index in [1.165, 1.54) is 21.3 Å². The molecule has 2 aromatic rings. The summed E-state index contributed by atoms with van der Waals surface area (Å²) in [4.78, 5) is 28.9. The van der Waals surface area contributed by atoms with Crippen LogP contribution in [0.5, 0.6) is 17.2 Å². The molecule has 1 heterocycles. The molecule has 29 heavy (non-hydrogen) atoms. The largest absolute Gasteiger partial charge is 0.496 e. The number of halogens is 1. The number of carbonyl (C=O) groups excluding carboxylic acids is 2. The highest BCUT2D eigenvalue weighted by Crippen LogP contribution is 2.37. The van der Waals surface area contributed by atoms with Crippen LogP contribution in [-0.4, -0.2) is 38.3 Å². The zero-order chi connectivity index (χ0) is 21.0. The molecule has 0 radical (unpaired) electrons. The van der Waals surface area contributed by atoms with Gasteiger partial charge in [-0.15, -0.1) is 0 Å². The third-order valence-electron chi connectivity index (χ3n) is 3.97. The van der Waals surface area contributed by atoms with Crippen LogP contribution in [0.3, 0.4) is 0 Å². The maximum absolute atomic E-state index is 12.3. The van der Waals surface area contributed by atoms with Gasteiger partial charge < -0.3 is 19.5 Å². The maximum atomic E-state index is 12.3. The molecular weight excluding hydrogens is 416 g/mol. The summed E-state index contributed by atoms with van der Waals surface area (Å²) in [6, 6.07) is 9.71. The van der Waals surface area contributed by atoms with E-state index < -0.39 is 5.91 Å². The third-order valence-corrected chi connectivity index (χ3v) is 5.13. The lowest BCUT2D eigenvalue weighted by atomic mass is 10.1. The van der Waals surface area contributed by atoms with E-state index in [1.54, 1.807) is 42.5 Å². The van der Waals surface area contributed by atoms with Crippen molar-refractivity contribution in [1.29, 1.82) is 0 Å². The number of aliphatic imine (C=N–C) groups is 1. The number of benzene rings is 2. The lowest BCUT2D eigenvalue weighted by Crippen LogP contribution is -2.20. The molecule has 1 aliphatic heterocycles. The molecule has 1 saturated heterocycles. The number of carbonyl (C=O) groups is 2. The predicted octanol–water partition coefficient (Wildman–Crippen LogP) is 3.77. The molecule has 1 N–H and O–H groups in total. The number of hydrogen-bond donors (Lipinski definition) is 1. The number of ether oxygens (including phenoxy) is 3. The lowest BCUT2D eigenvalue weighted by Gasteiger charge is -2.12. The quantitative estimate of drug-likeness (QED) is 0.724. The average molecular weight is 433 g/mol. The first kappa shape index (κ1) is 20.8. The number of hydrogen-bond acceptors (Lipinski definition) is 6. The van der Waals surface area contributed by atoms with Crippen molar-refractivity contribution < 1.29 is 23.8 Å². The fourth-order valence-corrected chi connectivity index (χ4v) is 3.47. The summed E-state index contributed by atoms with van der Waals surface area (Å²) in [6.45, 7) is 0. The minimum atomic E-state index is -0.477. The number of rotatable bonds is 5. The normalized spacial score (nSPS) is 16.1. The van der Waals surface area contributed by atoms with Crippen LogP contribution in [0, 0.1) is 0 Å². The van der Waals surface area contributed by atoms with Crippen LogP contribution in [0.25, 0.3) is 6.08 Å². The summed E-state index contributed by atoms with van der Waals surface area (Å²) in [5, 5.41) is 3.30. The zero-order valence-corrected chi connectivity index (χ0v) is 17.4. The Labute approximate surface area is 176 Å². The average Bonchev–Trinajstić information content (AvgIpc) is 3.06. The van der Waals surface area contributed by atoms with Gasteiger partial charge in [-0.3, -0.25) is 9.59 Å². The first-order valence-corrected chi connectivity index (χ1v) is 9.54. The first-order valence-electron chi connectivity index (χ1n) is 8.34. The van der Waals surface area contributed by atoms with E-state index in [4.69, 9.17) is 25.8 Å². The van der Waals surface area contributed by atoms with E-state index in [9.17, 15) is 9.59 Å². The van der Waals surface area contributed by atoms with Gasteiger partial charge in [0, 0.05) is 22.2 Å². The Hall–Kier alpha value is -2.97. The molecule has 7 nitrogen and oxygen atoms in total. The summed E-state index contributed by atoms with van der Waals surface area (Å²) in [5.41, 5.74) is 0.990. The molecule has 0 unspecified atom stereocenters. The van der Waals surface area contributed by atoms with E-state index in [1.807, 2.05) is 0 Å². The lowest BCUT2D eigenvalue weighted by molar-refractivity contribution is -0.115. The second-order valence-electron chi connectivity index (χ2n) is 5.74. The molecule has 2 amide bonds. The molecule has 150 valence electrons. The Morgan fingerprint density at radius 3 is 2.28 bits per heavy atom. The van der Waals surface area contributed by atoms with Gasteiger partial charge in [0.25, 0.3) is 11.8 Å². The molecule has 9 heteroatoms. The van der Waals surface area contributed by atoms with Gasteiger partial charge in [0.2, 0.25) is 0 Å². The van der Waals surface area contributed by atoms with Crippen molar-refractivity contribution in [2.24, 2.45) is 4.99 Å². The Morgan fingerprint density at radius 2 is 1.66 bits per heavy atom. The van der Waals surface area contributed by atoms with Gasteiger partial charge in [0.05, 0.1) is 26.2 Å². The van der Waals surface area contributed by atoms with E-state index in [2.05, 4.69) is 10.3 Å². The van der Waals surface area contributed by atoms with Crippen LogP contribution < -0.4 is 19.5 Å². The molecule has 0 aliphatic carbocycles. The standard InChI is InChI=1S/C20H17ClN2O5S/c1-26-14-10-16(28-3)15(27-2)8-12(14)9-17-19(25)23-20(29-17)22-18(24)11-4-6-13(21)7-5-11/h4-10H,1-3H3,(H,22,23,24,25)/b17-9-. The summed E-state index contributed by atoms with van der Waals surface area (Å²) in [5.74, 6) is 0.663. The minimum Gasteiger partial charge on any atom is -0.496 e. The Morgan fingerprint density at radius 1 is 1.03 bits per heavy atom. The molecule has 0 aromatic heterocycles. The molecule has 1 fully saturated rings. The molecule has 3 rings (SSSR count). The smallest absolute Gasteiger partial charge is 0.279 e. The molecular formula is C20H17ClN2O5S. The fraction of sp³-hybridized carbons (Fsp3) is 0.150. The number of thioether (sulfide) groups is 1. The summed E-state index contributed by atoms with van der Waals surface area (Å²) < 4.78 is 15.9. The number of amidine groups is 1. The van der Waals surface area contributed by atoms with Gasteiger partial charge in [-0.1, -0.05) is 11.6 Å². The van der Waals surface area contributed by atoms with Gasteiger partial charge in [-0.25, -0.2) is 0 Å². The predicted molar refractivity (Wildman–Crippen MR) is 113 cm³/mol. The van der Waals surface area contributed by atoms with Crippen LogP contribution in [0.2, 0.25) is 5.02 Å². The second kappa shape index (κ2) is 9.02. The van der Waals surface area contributed by atoms with Crippen molar-refractivity contribution in [3.8, 4) is 17.2 Å².